The summed E-state index contributed by atoms with van der Waals surface area (Å²) in [5.74, 6) is 0.0916. The SMILES string of the molecule is CC(C)(C)OC(=O)N1CCC(Nc2cc(Cl)cc3cc(CCN4CCNC(=O)C4)[nH]c23)CC1. The summed E-state index contributed by atoms with van der Waals surface area (Å²) in [5, 5.41) is 8.26. The highest BCUT2D eigenvalue weighted by Crippen LogP contribution is 2.30. The highest BCUT2D eigenvalue weighted by atomic mass is 35.5. The minimum absolute atomic E-state index is 0.0916. The molecule has 9 heteroatoms. The van der Waals surface area contributed by atoms with Crippen LogP contribution in [0.2, 0.25) is 5.02 Å². The molecule has 2 aliphatic rings. The van der Waals surface area contributed by atoms with Crippen LogP contribution in [0.1, 0.15) is 39.3 Å². The van der Waals surface area contributed by atoms with Crippen LogP contribution in [0, 0.1) is 0 Å². The molecule has 0 aliphatic carbocycles. The van der Waals surface area contributed by atoms with Crippen LogP contribution in [0.3, 0.4) is 0 Å². The predicted molar refractivity (Wildman–Crippen MR) is 131 cm³/mol. The van der Waals surface area contributed by atoms with Crippen molar-refractivity contribution in [3.63, 3.8) is 0 Å². The molecule has 33 heavy (non-hydrogen) atoms. The van der Waals surface area contributed by atoms with Gasteiger partial charge in [-0.25, -0.2) is 4.79 Å². The van der Waals surface area contributed by atoms with Gasteiger partial charge in [0.15, 0.2) is 0 Å². The average Bonchev–Trinajstić information content (AvgIpc) is 3.14. The molecule has 0 saturated carbocycles. The molecule has 1 aromatic carbocycles. The van der Waals surface area contributed by atoms with E-state index in [9.17, 15) is 9.59 Å². The molecule has 0 atom stereocenters. The fraction of sp³-hybridized carbons (Fsp3) is 0.583. The fourth-order valence-corrected chi connectivity index (χ4v) is 4.65. The van der Waals surface area contributed by atoms with Crippen molar-refractivity contribution in [2.45, 2.75) is 51.7 Å². The molecule has 8 nitrogen and oxygen atoms in total. The molecule has 4 rings (SSSR count). The van der Waals surface area contributed by atoms with Crippen LogP contribution in [0.5, 0.6) is 0 Å². The number of amides is 2. The number of H-pyrrole nitrogens is 1. The predicted octanol–water partition coefficient (Wildman–Crippen LogP) is 3.61. The number of ether oxygens (including phenoxy) is 1. The number of fused-ring (bicyclic) bond motifs is 1. The second kappa shape index (κ2) is 9.81. The summed E-state index contributed by atoms with van der Waals surface area (Å²) in [5.41, 5.74) is 2.67. The van der Waals surface area contributed by atoms with E-state index in [0.29, 0.717) is 31.2 Å². The van der Waals surface area contributed by atoms with Gasteiger partial charge < -0.3 is 25.3 Å². The Balaban J connectivity index is 1.38. The summed E-state index contributed by atoms with van der Waals surface area (Å²) in [6.07, 6.45) is 2.29. The first-order valence-electron chi connectivity index (χ1n) is 11.7. The van der Waals surface area contributed by atoms with E-state index in [0.717, 1.165) is 54.6 Å². The normalized spacial score (nSPS) is 18.4. The monoisotopic (exact) mass is 475 g/mol. The number of carbonyl (C=O) groups is 2. The van der Waals surface area contributed by atoms with Crippen LogP contribution in [-0.4, -0.2) is 77.7 Å². The lowest BCUT2D eigenvalue weighted by Gasteiger charge is -2.34. The second-order valence-corrected chi connectivity index (χ2v) is 10.4. The molecule has 0 spiro atoms. The maximum Gasteiger partial charge on any atom is 0.410 e. The van der Waals surface area contributed by atoms with Crippen LogP contribution in [0.4, 0.5) is 10.5 Å². The largest absolute Gasteiger partial charge is 0.444 e. The van der Waals surface area contributed by atoms with Gasteiger partial charge in [0.05, 0.1) is 17.7 Å². The summed E-state index contributed by atoms with van der Waals surface area (Å²) in [6, 6.07) is 6.33. The number of aromatic amines is 1. The van der Waals surface area contributed by atoms with Gasteiger partial charge >= 0.3 is 6.09 Å². The van der Waals surface area contributed by atoms with E-state index >= 15 is 0 Å². The van der Waals surface area contributed by atoms with Crippen molar-refractivity contribution in [2.24, 2.45) is 0 Å². The number of anilines is 1. The number of piperazine rings is 1. The zero-order valence-electron chi connectivity index (χ0n) is 19.7. The highest BCUT2D eigenvalue weighted by molar-refractivity contribution is 6.31. The molecule has 1 aromatic heterocycles. The molecule has 2 fully saturated rings. The molecular formula is C24H34ClN5O3. The quantitative estimate of drug-likeness (QED) is 0.614. The molecule has 0 unspecified atom stereocenters. The minimum Gasteiger partial charge on any atom is -0.444 e. The van der Waals surface area contributed by atoms with E-state index < -0.39 is 5.60 Å². The first-order chi connectivity index (χ1) is 15.7. The second-order valence-electron chi connectivity index (χ2n) is 9.97. The Bertz CT molecular complexity index is 1010. The van der Waals surface area contributed by atoms with Crippen LogP contribution in [-0.2, 0) is 16.0 Å². The molecule has 0 radical (unpaired) electrons. The van der Waals surface area contributed by atoms with Crippen molar-refractivity contribution in [1.29, 1.82) is 0 Å². The van der Waals surface area contributed by atoms with Crippen LogP contribution >= 0.6 is 11.6 Å². The number of nitrogens with one attached hydrogen (secondary N) is 3. The third-order valence-corrected chi connectivity index (χ3v) is 6.29. The number of rotatable bonds is 5. The van der Waals surface area contributed by atoms with Gasteiger partial charge in [-0.3, -0.25) is 9.69 Å². The standard InChI is InChI=1S/C24H34ClN5O3/c1-24(2,3)33-23(32)30-9-5-18(6-10-30)27-20-14-17(25)12-16-13-19(28-22(16)20)4-8-29-11-7-26-21(31)15-29/h12-14,18,27-28H,4-11,15H2,1-3H3,(H,26,31). The van der Waals surface area contributed by atoms with Gasteiger partial charge in [0.2, 0.25) is 5.91 Å². The Morgan fingerprint density at radius 1 is 1.21 bits per heavy atom. The summed E-state index contributed by atoms with van der Waals surface area (Å²) < 4.78 is 5.50. The molecule has 3 N–H and O–H groups in total. The Hall–Kier alpha value is -2.45. The van der Waals surface area contributed by atoms with E-state index in [2.05, 4.69) is 26.6 Å². The molecule has 2 saturated heterocycles. The van der Waals surface area contributed by atoms with Gasteiger partial charge in [-0.2, -0.15) is 0 Å². The summed E-state index contributed by atoms with van der Waals surface area (Å²) in [6.45, 7) is 9.87. The molecule has 2 aromatic rings. The van der Waals surface area contributed by atoms with E-state index in [4.69, 9.17) is 16.3 Å². The number of nitrogens with zero attached hydrogens (tertiary/aromatic N) is 2. The van der Waals surface area contributed by atoms with Gasteiger partial charge in [0.1, 0.15) is 5.60 Å². The number of hydrogen-bond donors (Lipinski definition) is 3. The maximum atomic E-state index is 12.3. The average molecular weight is 476 g/mol. The number of carbonyl (C=O) groups excluding carboxylic acids is 2. The lowest BCUT2D eigenvalue weighted by molar-refractivity contribution is -0.124. The minimum atomic E-state index is -0.482. The van der Waals surface area contributed by atoms with E-state index in [1.165, 1.54) is 0 Å². The van der Waals surface area contributed by atoms with Crippen molar-refractivity contribution in [3.8, 4) is 0 Å². The number of hydrogen-bond acceptors (Lipinski definition) is 5. The molecule has 2 amide bonds. The number of piperidine rings is 1. The molecule has 0 bridgehead atoms. The van der Waals surface area contributed by atoms with Gasteiger partial charge in [-0.1, -0.05) is 11.6 Å². The summed E-state index contributed by atoms with van der Waals surface area (Å²) in [7, 11) is 0. The van der Waals surface area contributed by atoms with Crippen molar-refractivity contribution < 1.29 is 14.3 Å². The lowest BCUT2D eigenvalue weighted by atomic mass is 10.0. The van der Waals surface area contributed by atoms with Gasteiger partial charge in [0, 0.05) is 61.3 Å². The summed E-state index contributed by atoms with van der Waals surface area (Å²) in [4.78, 5) is 31.4. The fourth-order valence-electron chi connectivity index (χ4n) is 4.43. The highest BCUT2D eigenvalue weighted by Gasteiger charge is 2.27. The first-order valence-corrected chi connectivity index (χ1v) is 12.1. The van der Waals surface area contributed by atoms with Gasteiger partial charge in [0.25, 0.3) is 0 Å². The molecule has 3 heterocycles. The Morgan fingerprint density at radius 2 is 1.97 bits per heavy atom. The van der Waals surface area contributed by atoms with Crippen molar-refractivity contribution >= 4 is 40.2 Å². The Kier molecular flexibility index (Phi) is 7.05. The zero-order chi connectivity index (χ0) is 23.6. The van der Waals surface area contributed by atoms with Crippen molar-refractivity contribution in [2.75, 3.05) is 44.6 Å². The number of halogens is 1. The zero-order valence-corrected chi connectivity index (χ0v) is 20.4. The maximum absolute atomic E-state index is 12.3. The number of benzene rings is 1. The van der Waals surface area contributed by atoms with Crippen molar-refractivity contribution in [3.05, 3.63) is 28.9 Å². The smallest absolute Gasteiger partial charge is 0.410 e. The lowest BCUT2D eigenvalue weighted by Crippen LogP contribution is -2.48. The molecule has 180 valence electrons. The molecular weight excluding hydrogens is 442 g/mol. The van der Waals surface area contributed by atoms with Crippen LogP contribution < -0.4 is 10.6 Å². The van der Waals surface area contributed by atoms with E-state index in [-0.39, 0.29) is 18.0 Å². The topological polar surface area (TPSA) is 89.7 Å². The van der Waals surface area contributed by atoms with E-state index in [1.54, 1.807) is 4.90 Å². The van der Waals surface area contributed by atoms with Gasteiger partial charge in [-0.05, 0) is 51.8 Å². The van der Waals surface area contributed by atoms with E-state index in [1.807, 2.05) is 32.9 Å². The third kappa shape index (κ3) is 6.32. The Morgan fingerprint density at radius 3 is 2.67 bits per heavy atom. The summed E-state index contributed by atoms with van der Waals surface area (Å²) >= 11 is 6.42. The van der Waals surface area contributed by atoms with Crippen molar-refractivity contribution in [1.82, 2.24) is 20.1 Å². The van der Waals surface area contributed by atoms with Crippen LogP contribution in [0.15, 0.2) is 18.2 Å². The van der Waals surface area contributed by atoms with Crippen LogP contribution in [0.25, 0.3) is 10.9 Å². The number of likely N-dealkylation sites (tertiary alicyclic amines) is 1. The third-order valence-electron chi connectivity index (χ3n) is 6.07. The van der Waals surface area contributed by atoms with Gasteiger partial charge in [-0.15, -0.1) is 0 Å². The Labute approximate surface area is 200 Å². The number of aromatic nitrogens is 1. The first kappa shape index (κ1) is 23.7. The molecule has 2 aliphatic heterocycles.